The van der Waals surface area contributed by atoms with Gasteiger partial charge in [-0.2, -0.15) is 0 Å². The lowest BCUT2D eigenvalue weighted by Gasteiger charge is -2.16. The Bertz CT molecular complexity index is 2050. The van der Waals surface area contributed by atoms with Gasteiger partial charge in [-0.1, -0.05) is 18.2 Å². The molecular formula is C33H40Cl2N12O5. The second-order valence-electron chi connectivity index (χ2n) is 11.8. The molecule has 0 fully saturated rings. The van der Waals surface area contributed by atoms with Crippen LogP contribution in [-0.4, -0.2) is 79.9 Å². The van der Waals surface area contributed by atoms with Gasteiger partial charge in [0.1, 0.15) is 22.8 Å². The molecule has 4 aromatic rings. The molecule has 0 saturated heterocycles. The zero-order valence-electron chi connectivity index (χ0n) is 28.9. The van der Waals surface area contributed by atoms with Crippen LogP contribution in [0.25, 0.3) is 0 Å². The fourth-order valence-electron chi connectivity index (χ4n) is 5.32. The number of guanidine groups is 1. The molecule has 4 aromatic heterocycles. The average molecular weight is 756 g/mol. The van der Waals surface area contributed by atoms with E-state index in [2.05, 4.69) is 48.8 Å². The molecule has 0 radical (unpaired) electrons. The molecule has 0 spiro atoms. The predicted molar refractivity (Wildman–Crippen MR) is 202 cm³/mol. The molecule has 5 heterocycles. The minimum Gasteiger partial charge on any atom is -0.356 e. The number of aryl methyl sites for hydroxylation is 4. The standard InChI is InChI=1S/C33H39ClN12O5.ClH/c1-19(34)28(47)39-20-12-25(44(3)15-20)30(49)41-22-14-27(46(5)17-22)32(51)42-23-13-26(45(4)18-23)31(50)40-21-11-24(43(2)16-21)29(48)35-9-10-38-33-36-7-6-8-37-33;/h11-18H,1,6-10H2,2-5H3,(H,35,48)(H,39,47)(H,40,50)(H,41,49)(H,42,51)(H2,36,37,38);1H. The van der Waals surface area contributed by atoms with E-state index in [0.29, 0.717) is 41.5 Å². The Morgan fingerprint density at radius 2 is 1.10 bits per heavy atom. The van der Waals surface area contributed by atoms with Gasteiger partial charge in [-0.05, 0) is 30.7 Å². The van der Waals surface area contributed by atoms with Gasteiger partial charge < -0.3 is 55.5 Å². The van der Waals surface area contributed by atoms with E-state index in [1.807, 2.05) is 0 Å². The Balaban J connectivity index is 0.00000605. The Kier molecular flexibility index (Phi) is 12.6. The molecule has 17 nitrogen and oxygen atoms in total. The summed E-state index contributed by atoms with van der Waals surface area (Å²) in [4.78, 5) is 68.3. The number of nitrogens with zero attached hydrogens (tertiary/aromatic N) is 5. The molecular weight excluding hydrogens is 715 g/mol. The normalized spacial score (nSPS) is 12.1. The molecule has 52 heavy (non-hydrogen) atoms. The number of hydrogen-bond acceptors (Lipinski definition) is 8. The molecule has 0 unspecified atom stereocenters. The van der Waals surface area contributed by atoms with E-state index < -0.39 is 23.6 Å². The first-order valence-corrected chi connectivity index (χ1v) is 16.2. The van der Waals surface area contributed by atoms with Crippen LogP contribution in [0.3, 0.4) is 0 Å². The summed E-state index contributed by atoms with van der Waals surface area (Å²) < 4.78 is 6.26. The highest BCUT2D eigenvalue weighted by Crippen LogP contribution is 2.21. The Morgan fingerprint density at radius 3 is 1.48 bits per heavy atom. The first kappa shape index (κ1) is 38.9. The van der Waals surface area contributed by atoms with Crippen LogP contribution in [0.4, 0.5) is 22.7 Å². The van der Waals surface area contributed by atoms with Gasteiger partial charge in [0.2, 0.25) is 0 Å². The van der Waals surface area contributed by atoms with Gasteiger partial charge in [0, 0.05) is 79.2 Å². The number of rotatable bonds is 12. The number of nitrogens with one attached hydrogen (secondary N) is 7. The largest absolute Gasteiger partial charge is 0.356 e. The lowest BCUT2D eigenvalue weighted by atomic mass is 10.3. The third kappa shape index (κ3) is 9.43. The van der Waals surface area contributed by atoms with Gasteiger partial charge in [-0.15, -0.1) is 12.4 Å². The lowest BCUT2D eigenvalue weighted by Crippen LogP contribution is -2.43. The smallest absolute Gasteiger partial charge is 0.272 e. The third-order valence-electron chi connectivity index (χ3n) is 7.83. The summed E-state index contributed by atoms with van der Waals surface area (Å²) >= 11 is 5.62. The number of anilines is 4. The fourth-order valence-corrected chi connectivity index (χ4v) is 5.36. The van der Waals surface area contributed by atoms with Crippen LogP contribution in [0.15, 0.2) is 65.7 Å². The predicted octanol–water partition coefficient (Wildman–Crippen LogP) is 2.58. The Morgan fingerprint density at radius 1 is 0.692 bits per heavy atom. The second kappa shape index (κ2) is 16.8. The minimum atomic E-state index is -0.589. The van der Waals surface area contributed by atoms with Gasteiger partial charge in [0.05, 0.1) is 27.8 Å². The molecule has 1 aliphatic rings. The Labute approximate surface area is 310 Å². The zero-order chi connectivity index (χ0) is 36.8. The van der Waals surface area contributed by atoms with Crippen molar-refractivity contribution in [2.75, 3.05) is 47.4 Å². The SMILES string of the molecule is C=C(Cl)C(=O)Nc1cc(C(=O)Nc2cc(C(=O)Nc3cc(C(=O)Nc4cc(C(=O)NCCNC5=NCCCN5)n(C)c4)n(C)c3)n(C)c2)n(C)c1.Cl. The van der Waals surface area contributed by atoms with Crippen molar-refractivity contribution < 1.29 is 24.0 Å². The molecule has 1 aliphatic heterocycles. The molecule has 0 aromatic carbocycles. The van der Waals surface area contributed by atoms with Crippen molar-refractivity contribution in [1.82, 2.24) is 34.2 Å². The lowest BCUT2D eigenvalue weighted by molar-refractivity contribution is -0.112. The first-order valence-electron chi connectivity index (χ1n) is 15.8. The summed E-state index contributed by atoms with van der Waals surface area (Å²) in [6.07, 6.45) is 7.35. The van der Waals surface area contributed by atoms with Crippen molar-refractivity contribution in [3.05, 3.63) is 83.4 Å². The molecule has 5 rings (SSSR count). The van der Waals surface area contributed by atoms with Crippen LogP contribution in [-0.2, 0) is 33.0 Å². The number of carbonyl (C=O) groups excluding carboxylic acids is 5. The van der Waals surface area contributed by atoms with Gasteiger partial charge in [-0.3, -0.25) is 29.0 Å². The van der Waals surface area contributed by atoms with E-state index in [9.17, 15) is 24.0 Å². The van der Waals surface area contributed by atoms with E-state index >= 15 is 0 Å². The summed E-state index contributed by atoms with van der Waals surface area (Å²) in [5, 5.41) is 19.8. The topological polar surface area (TPSA) is 202 Å². The van der Waals surface area contributed by atoms with Gasteiger partial charge in [-0.25, -0.2) is 0 Å². The second-order valence-corrected chi connectivity index (χ2v) is 12.3. The zero-order valence-corrected chi connectivity index (χ0v) is 30.5. The quantitative estimate of drug-likeness (QED) is 0.0851. The summed E-state index contributed by atoms with van der Waals surface area (Å²) in [6, 6.07) is 6.10. The monoisotopic (exact) mass is 754 g/mol. The number of hydrogen-bond donors (Lipinski definition) is 7. The number of carbonyl (C=O) groups is 5. The van der Waals surface area contributed by atoms with Crippen LogP contribution in [0.2, 0.25) is 0 Å². The van der Waals surface area contributed by atoms with E-state index in [-0.39, 0.29) is 40.4 Å². The Hall–Kier alpha value is -5.94. The maximum Gasteiger partial charge on any atom is 0.272 e. The van der Waals surface area contributed by atoms with E-state index in [1.165, 1.54) is 22.8 Å². The van der Waals surface area contributed by atoms with E-state index in [4.69, 9.17) is 11.6 Å². The molecule has 0 bridgehead atoms. The molecule has 0 atom stereocenters. The maximum atomic E-state index is 13.2. The van der Waals surface area contributed by atoms with Gasteiger partial charge in [0.15, 0.2) is 5.96 Å². The summed E-state index contributed by atoms with van der Waals surface area (Å²) in [5.74, 6) is -1.55. The minimum absolute atomic E-state index is 0. The highest BCUT2D eigenvalue weighted by atomic mass is 35.5. The summed E-state index contributed by atoms with van der Waals surface area (Å²) in [7, 11) is 6.67. The first-order chi connectivity index (χ1) is 24.3. The van der Waals surface area contributed by atoms with Crippen molar-refractivity contribution in [3.63, 3.8) is 0 Å². The number of halogens is 2. The highest BCUT2D eigenvalue weighted by Gasteiger charge is 2.20. The van der Waals surface area contributed by atoms with Crippen LogP contribution in [0.5, 0.6) is 0 Å². The average Bonchev–Trinajstić information content (AvgIpc) is 3.84. The molecule has 19 heteroatoms. The fraction of sp³-hybridized carbons (Fsp3) is 0.273. The molecule has 5 amide bonds. The molecule has 7 N–H and O–H groups in total. The number of aromatic nitrogens is 4. The van der Waals surface area contributed by atoms with Gasteiger partial charge >= 0.3 is 0 Å². The molecule has 276 valence electrons. The number of amides is 5. The van der Waals surface area contributed by atoms with Crippen LogP contribution < -0.4 is 37.2 Å². The van der Waals surface area contributed by atoms with Crippen molar-refractivity contribution in [1.29, 1.82) is 0 Å². The van der Waals surface area contributed by atoms with Crippen LogP contribution in [0, 0.1) is 0 Å². The molecule has 0 aliphatic carbocycles. The van der Waals surface area contributed by atoms with Crippen molar-refractivity contribution >= 4 is 82.3 Å². The van der Waals surface area contributed by atoms with Crippen molar-refractivity contribution in [2.24, 2.45) is 33.2 Å². The number of aliphatic imine (C=N–C) groups is 1. The summed E-state index contributed by atoms with van der Waals surface area (Å²) in [6.45, 7) is 5.89. The summed E-state index contributed by atoms with van der Waals surface area (Å²) in [5.41, 5.74) is 2.63. The van der Waals surface area contributed by atoms with Crippen LogP contribution >= 0.6 is 24.0 Å². The van der Waals surface area contributed by atoms with E-state index in [1.54, 1.807) is 72.7 Å². The van der Waals surface area contributed by atoms with Crippen LogP contribution in [0.1, 0.15) is 48.4 Å². The van der Waals surface area contributed by atoms with Crippen molar-refractivity contribution in [2.45, 2.75) is 6.42 Å². The third-order valence-corrected chi connectivity index (χ3v) is 8.00. The maximum absolute atomic E-state index is 13.2. The van der Waals surface area contributed by atoms with Crippen molar-refractivity contribution in [3.8, 4) is 0 Å². The van der Waals surface area contributed by atoms with E-state index in [0.717, 1.165) is 25.5 Å². The highest BCUT2D eigenvalue weighted by molar-refractivity contribution is 6.43. The van der Waals surface area contributed by atoms with Gasteiger partial charge in [0.25, 0.3) is 29.5 Å². The molecule has 0 saturated carbocycles.